The highest BCUT2D eigenvalue weighted by Gasteiger charge is 2.41. The lowest BCUT2D eigenvalue weighted by molar-refractivity contribution is -0.153. The Morgan fingerprint density at radius 3 is 2.30 bits per heavy atom. The fraction of sp³-hybridized carbons (Fsp3) is 0.462. The molecule has 1 aliphatic heterocycles. The molecule has 4 heteroatoms. The van der Waals surface area contributed by atoms with Crippen molar-refractivity contribution in [1.82, 2.24) is 4.90 Å². The first kappa shape index (κ1) is 22.2. The Bertz CT molecular complexity index is 790. The third-order valence-corrected chi connectivity index (χ3v) is 6.00. The van der Waals surface area contributed by atoms with Crippen molar-refractivity contribution >= 4 is 12.3 Å². The number of carbonyl (C=O) groups excluding carboxylic acids is 2. The maximum absolute atomic E-state index is 13.1. The van der Waals surface area contributed by atoms with Gasteiger partial charge in [-0.1, -0.05) is 74.5 Å². The Morgan fingerprint density at radius 1 is 1.07 bits per heavy atom. The van der Waals surface area contributed by atoms with Gasteiger partial charge in [0.25, 0.3) is 0 Å². The van der Waals surface area contributed by atoms with Crippen molar-refractivity contribution in [3.63, 3.8) is 0 Å². The second-order valence-electron chi connectivity index (χ2n) is 8.68. The van der Waals surface area contributed by atoms with Crippen molar-refractivity contribution in [2.75, 3.05) is 6.54 Å². The molecule has 0 bridgehead atoms. The minimum atomic E-state index is -0.306. The van der Waals surface area contributed by atoms with E-state index in [4.69, 9.17) is 4.74 Å². The van der Waals surface area contributed by atoms with Gasteiger partial charge in [0.05, 0.1) is 0 Å². The summed E-state index contributed by atoms with van der Waals surface area (Å²) in [5, 5.41) is 0. The summed E-state index contributed by atoms with van der Waals surface area (Å²) in [5.74, 6) is 0.558. The van der Waals surface area contributed by atoms with Crippen LogP contribution in [0.4, 0.5) is 0 Å². The molecule has 2 aromatic rings. The molecule has 2 aromatic carbocycles. The highest BCUT2D eigenvalue weighted by molar-refractivity contribution is 5.76. The summed E-state index contributed by atoms with van der Waals surface area (Å²) in [4.78, 5) is 26.8. The molecule has 0 spiro atoms. The Morgan fingerprint density at radius 2 is 1.70 bits per heavy atom. The standard InChI is InChI=1S/C26H33NO3/c1-20(2)17-25(26(29)30-19-22-11-7-4-8-12-22)27-15-13-23(24(27)14-16-28)18-21-9-5-3-6-10-21/h3-12,16,20,23-25H,13-15,17-19H2,1-2H3/t23-,24-,25-/m0/s1. The van der Waals surface area contributed by atoms with Crippen molar-refractivity contribution in [2.45, 2.75) is 58.2 Å². The van der Waals surface area contributed by atoms with Crippen LogP contribution in [0.25, 0.3) is 0 Å². The summed E-state index contributed by atoms with van der Waals surface area (Å²) in [6, 6.07) is 20.0. The number of esters is 1. The van der Waals surface area contributed by atoms with E-state index in [0.717, 1.165) is 37.7 Å². The number of ether oxygens (including phenoxy) is 1. The lowest BCUT2D eigenvalue weighted by atomic mass is 9.90. The van der Waals surface area contributed by atoms with Gasteiger partial charge in [0.2, 0.25) is 0 Å². The molecular weight excluding hydrogens is 374 g/mol. The number of hydrogen-bond acceptors (Lipinski definition) is 4. The molecule has 0 N–H and O–H groups in total. The fourth-order valence-electron chi connectivity index (χ4n) is 4.55. The molecule has 3 atom stereocenters. The Balaban J connectivity index is 1.72. The highest BCUT2D eigenvalue weighted by Crippen LogP contribution is 2.33. The Kier molecular flexibility index (Phi) is 8.21. The van der Waals surface area contributed by atoms with E-state index in [2.05, 4.69) is 43.0 Å². The van der Waals surface area contributed by atoms with Crippen molar-refractivity contribution in [3.8, 4) is 0 Å². The first-order valence-corrected chi connectivity index (χ1v) is 11.0. The number of carbonyl (C=O) groups is 2. The van der Waals surface area contributed by atoms with E-state index >= 15 is 0 Å². The molecule has 3 rings (SSSR count). The Hall–Kier alpha value is -2.46. The van der Waals surface area contributed by atoms with Crippen LogP contribution in [0.3, 0.4) is 0 Å². The van der Waals surface area contributed by atoms with Crippen LogP contribution in [-0.2, 0) is 27.4 Å². The second-order valence-corrected chi connectivity index (χ2v) is 8.68. The van der Waals surface area contributed by atoms with E-state index in [1.165, 1.54) is 5.56 Å². The molecule has 160 valence electrons. The van der Waals surface area contributed by atoms with Crippen LogP contribution in [0.15, 0.2) is 60.7 Å². The van der Waals surface area contributed by atoms with Crippen molar-refractivity contribution in [3.05, 3.63) is 71.8 Å². The summed E-state index contributed by atoms with van der Waals surface area (Å²) in [7, 11) is 0. The van der Waals surface area contributed by atoms with Crippen molar-refractivity contribution < 1.29 is 14.3 Å². The molecule has 0 saturated carbocycles. The number of nitrogens with zero attached hydrogens (tertiary/aromatic N) is 1. The molecule has 0 aliphatic carbocycles. The van der Waals surface area contributed by atoms with E-state index in [1.807, 2.05) is 36.4 Å². The molecule has 0 amide bonds. The van der Waals surface area contributed by atoms with E-state index in [0.29, 0.717) is 18.3 Å². The van der Waals surface area contributed by atoms with E-state index in [1.54, 1.807) is 0 Å². The summed E-state index contributed by atoms with van der Waals surface area (Å²) >= 11 is 0. The normalized spacial score (nSPS) is 20.2. The van der Waals surface area contributed by atoms with Crippen LogP contribution in [0.5, 0.6) is 0 Å². The van der Waals surface area contributed by atoms with Crippen LogP contribution in [0.1, 0.15) is 44.2 Å². The average Bonchev–Trinajstić information content (AvgIpc) is 3.14. The van der Waals surface area contributed by atoms with Gasteiger partial charge >= 0.3 is 5.97 Å². The van der Waals surface area contributed by atoms with E-state index in [-0.39, 0.29) is 24.7 Å². The molecule has 1 heterocycles. The third kappa shape index (κ3) is 6.02. The van der Waals surface area contributed by atoms with Gasteiger partial charge < -0.3 is 9.53 Å². The van der Waals surface area contributed by atoms with Gasteiger partial charge in [-0.2, -0.15) is 0 Å². The van der Waals surface area contributed by atoms with Gasteiger partial charge in [-0.25, -0.2) is 0 Å². The number of aldehydes is 1. The predicted molar refractivity (Wildman–Crippen MR) is 119 cm³/mol. The van der Waals surface area contributed by atoms with Gasteiger partial charge in [-0.15, -0.1) is 0 Å². The minimum Gasteiger partial charge on any atom is -0.460 e. The number of hydrogen-bond donors (Lipinski definition) is 0. The first-order valence-electron chi connectivity index (χ1n) is 11.0. The van der Waals surface area contributed by atoms with Gasteiger partial charge in [0, 0.05) is 12.5 Å². The van der Waals surface area contributed by atoms with Gasteiger partial charge in [0.15, 0.2) is 0 Å². The first-order chi connectivity index (χ1) is 14.6. The highest BCUT2D eigenvalue weighted by atomic mass is 16.5. The monoisotopic (exact) mass is 407 g/mol. The number of rotatable bonds is 10. The van der Waals surface area contributed by atoms with Crippen molar-refractivity contribution in [1.29, 1.82) is 0 Å². The summed E-state index contributed by atoms with van der Waals surface area (Å²) in [6.07, 6.45) is 4.12. The van der Waals surface area contributed by atoms with E-state index in [9.17, 15) is 9.59 Å². The molecular formula is C26H33NO3. The smallest absolute Gasteiger partial charge is 0.323 e. The largest absolute Gasteiger partial charge is 0.460 e. The van der Waals surface area contributed by atoms with Crippen LogP contribution < -0.4 is 0 Å². The summed E-state index contributed by atoms with van der Waals surface area (Å²) in [6.45, 7) is 5.37. The maximum atomic E-state index is 13.1. The molecule has 4 nitrogen and oxygen atoms in total. The molecule has 1 aliphatic rings. The lowest BCUT2D eigenvalue weighted by Crippen LogP contribution is -2.47. The quantitative estimate of drug-likeness (QED) is 0.424. The van der Waals surface area contributed by atoms with Gasteiger partial charge in [-0.05, 0) is 48.8 Å². The summed E-state index contributed by atoms with van der Waals surface area (Å²) < 4.78 is 5.71. The second kappa shape index (κ2) is 11.1. The molecule has 1 fully saturated rings. The molecule has 0 aromatic heterocycles. The zero-order valence-electron chi connectivity index (χ0n) is 18.1. The van der Waals surface area contributed by atoms with Crippen LogP contribution >= 0.6 is 0 Å². The molecule has 1 saturated heterocycles. The zero-order valence-corrected chi connectivity index (χ0v) is 18.1. The number of benzene rings is 2. The molecule has 0 radical (unpaired) electrons. The Labute approximate surface area is 180 Å². The van der Waals surface area contributed by atoms with Gasteiger partial charge in [0.1, 0.15) is 18.9 Å². The van der Waals surface area contributed by atoms with Crippen LogP contribution in [0, 0.1) is 11.8 Å². The fourth-order valence-corrected chi connectivity index (χ4v) is 4.55. The predicted octanol–water partition coefficient (Wildman–Crippen LogP) is 4.67. The average molecular weight is 408 g/mol. The number of likely N-dealkylation sites (tertiary alicyclic amines) is 1. The van der Waals surface area contributed by atoms with Crippen LogP contribution in [0.2, 0.25) is 0 Å². The third-order valence-electron chi connectivity index (χ3n) is 6.00. The topological polar surface area (TPSA) is 46.6 Å². The SMILES string of the molecule is CC(C)C[C@@H](C(=O)OCc1ccccc1)N1CC[C@@H](Cc2ccccc2)[C@@H]1CC=O. The molecule has 0 unspecified atom stereocenters. The van der Waals surface area contributed by atoms with Gasteiger partial charge in [-0.3, -0.25) is 9.69 Å². The lowest BCUT2D eigenvalue weighted by Gasteiger charge is -2.33. The zero-order chi connectivity index (χ0) is 21.3. The minimum absolute atomic E-state index is 0.0794. The molecule has 30 heavy (non-hydrogen) atoms. The summed E-state index contributed by atoms with van der Waals surface area (Å²) in [5.41, 5.74) is 2.27. The van der Waals surface area contributed by atoms with Crippen LogP contribution in [-0.4, -0.2) is 35.8 Å². The maximum Gasteiger partial charge on any atom is 0.323 e. The van der Waals surface area contributed by atoms with Crippen molar-refractivity contribution in [2.24, 2.45) is 11.8 Å². The van der Waals surface area contributed by atoms with E-state index < -0.39 is 0 Å².